The van der Waals surface area contributed by atoms with E-state index >= 15 is 0 Å². The molecule has 10 heteroatoms. The highest BCUT2D eigenvalue weighted by Gasteiger charge is 2.21. The summed E-state index contributed by atoms with van der Waals surface area (Å²) >= 11 is 12.1. The molecule has 0 aliphatic heterocycles. The number of aryl methyl sites for hydroxylation is 1. The summed E-state index contributed by atoms with van der Waals surface area (Å²) in [4.78, 5) is 24.3. The fourth-order valence-corrected chi connectivity index (χ4v) is 4.24. The molecule has 0 bridgehead atoms. The molecule has 0 aliphatic rings. The van der Waals surface area contributed by atoms with Crippen LogP contribution in [-0.2, 0) is 19.6 Å². The number of nitrogens with zero attached hydrogens (tertiary/aromatic N) is 1. The Hall–Kier alpha value is -2.29. The third kappa shape index (κ3) is 7.12. The smallest absolute Gasteiger partial charge is 0.338 e. The molecule has 168 valence electrons. The Labute approximate surface area is 192 Å². The Kier molecular flexibility index (Phi) is 8.73. The average molecular weight is 487 g/mol. The maximum atomic E-state index is 12.4. The van der Waals surface area contributed by atoms with E-state index in [1.54, 1.807) is 38.1 Å². The van der Waals surface area contributed by atoms with Crippen molar-refractivity contribution in [3.63, 3.8) is 0 Å². The van der Waals surface area contributed by atoms with Crippen LogP contribution in [0.4, 0.5) is 11.4 Å². The molecule has 7 nitrogen and oxygen atoms in total. The van der Waals surface area contributed by atoms with Gasteiger partial charge in [-0.1, -0.05) is 29.3 Å². The van der Waals surface area contributed by atoms with E-state index in [1.807, 2.05) is 0 Å². The number of esters is 1. The summed E-state index contributed by atoms with van der Waals surface area (Å²) in [6.07, 6.45) is 1.38. The minimum atomic E-state index is -3.63. The molecule has 0 aliphatic carbocycles. The van der Waals surface area contributed by atoms with Crippen LogP contribution in [0.15, 0.2) is 36.4 Å². The van der Waals surface area contributed by atoms with Crippen molar-refractivity contribution in [2.45, 2.75) is 26.7 Å². The van der Waals surface area contributed by atoms with E-state index in [-0.39, 0.29) is 42.6 Å². The molecule has 1 amide bonds. The third-order valence-electron chi connectivity index (χ3n) is 4.37. The number of halogens is 2. The van der Waals surface area contributed by atoms with Crippen molar-refractivity contribution in [3.8, 4) is 0 Å². The minimum absolute atomic E-state index is 0.0498. The highest BCUT2D eigenvalue weighted by Crippen LogP contribution is 2.31. The zero-order valence-corrected chi connectivity index (χ0v) is 19.8. The van der Waals surface area contributed by atoms with Gasteiger partial charge in [0.1, 0.15) is 0 Å². The highest BCUT2D eigenvalue weighted by molar-refractivity contribution is 7.92. The molecule has 2 aromatic carbocycles. The quantitative estimate of drug-likeness (QED) is 0.520. The van der Waals surface area contributed by atoms with Gasteiger partial charge in [0, 0.05) is 23.7 Å². The molecule has 0 spiro atoms. The van der Waals surface area contributed by atoms with Crippen LogP contribution in [0, 0.1) is 6.92 Å². The monoisotopic (exact) mass is 486 g/mol. The van der Waals surface area contributed by atoms with Crippen LogP contribution in [0.25, 0.3) is 0 Å². The second kappa shape index (κ2) is 10.8. The third-order valence-corrected chi connectivity index (χ3v) is 6.10. The summed E-state index contributed by atoms with van der Waals surface area (Å²) in [5.41, 5.74) is 1.87. The molecule has 0 aromatic heterocycles. The van der Waals surface area contributed by atoms with Crippen LogP contribution in [0.1, 0.15) is 35.7 Å². The van der Waals surface area contributed by atoms with Gasteiger partial charge in [0.15, 0.2) is 0 Å². The van der Waals surface area contributed by atoms with E-state index in [0.29, 0.717) is 16.3 Å². The van der Waals surface area contributed by atoms with E-state index in [9.17, 15) is 18.0 Å². The van der Waals surface area contributed by atoms with Crippen LogP contribution in [0.2, 0.25) is 10.0 Å². The lowest BCUT2D eigenvalue weighted by Gasteiger charge is -2.23. The molecule has 0 fully saturated rings. The van der Waals surface area contributed by atoms with E-state index in [4.69, 9.17) is 27.9 Å². The van der Waals surface area contributed by atoms with Crippen molar-refractivity contribution in [1.82, 2.24) is 0 Å². The molecule has 31 heavy (non-hydrogen) atoms. The average Bonchev–Trinajstić information content (AvgIpc) is 2.68. The highest BCUT2D eigenvalue weighted by atomic mass is 35.5. The van der Waals surface area contributed by atoms with Crippen molar-refractivity contribution in [2.75, 3.05) is 29.0 Å². The number of amides is 1. The lowest BCUT2D eigenvalue weighted by molar-refractivity contribution is -0.116. The molecular weight excluding hydrogens is 463 g/mol. The number of hydrogen-bond acceptors (Lipinski definition) is 5. The first-order valence-electron chi connectivity index (χ1n) is 9.53. The van der Waals surface area contributed by atoms with Crippen molar-refractivity contribution >= 4 is 56.5 Å². The molecular formula is C21H24Cl2N2O5S. The van der Waals surface area contributed by atoms with Gasteiger partial charge in [0.2, 0.25) is 15.9 Å². The Morgan fingerprint density at radius 1 is 1.13 bits per heavy atom. The fraction of sp³-hybridized carbons (Fsp3) is 0.333. The SMILES string of the molecule is CCOC(=O)c1ccc(C)c(NC(=O)CCCN(c2cc(Cl)ccc2Cl)S(C)(=O)=O)c1. The van der Waals surface area contributed by atoms with Crippen molar-refractivity contribution in [1.29, 1.82) is 0 Å². The number of ether oxygens (including phenoxy) is 1. The summed E-state index contributed by atoms with van der Waals surface area (Å²) in [6.45, 7) is 3.82. The van der Waals surface area contributed by atoms with Gasteiger partial charge < -0.3 is 10.1 Å². The number of anilines is 2. The molecule has 2 rings (SSSR count). The zero-order chi connectivity index (χ0) is 23.2. The number of nitrogens with one attached hydrogen (secondary N) is 1. The van der Waals surface area contributed by atoms with Crippen LogP contribution in [-0.4, -0.2) is 39.7 Å². The predicted molar refractivity (Wildman–Crippen MR) is 124 cm³/mol. The maximum absolute atomic E-state index is 12.4. The summed E-state index contributed by atoms with van der Waals surface area (Å²) in [6, 6.07) is 9.45. The largest absolute Gasteiger partial charge is 0.462 e. The molecule has 0 saturated carbocycles. The van der Waals surface area contributed by atoms with Crippen LogP contribution < -0.4 is 9.62 Å². The van der Waals surface area contributed by atoms with Crippen LogP contribution in [0.5, 0.6) is 0 Å². The topological polar surface area (TPSA) is 92.8 Å². The summed E-state index contributed by atoms with van der Waals surface area (Å²) in [5, 5.41) is 3.35. The van der Waals surface area contributed by atoms with E-state index in [1.165, 1.54) is 12.1 Å². The Balaban J connectivity index is 2.06. The Morgan fingerprint density at radius 3 is 2.48 bits per heavy atom. The Morgan fingerprint density at radius 2 is 1.84 bits per heavy atom. The molecule has 0 unspecified atom stereocenters. The number of carbonyl (C=O) groups is 2. The van der Waals surface area contributed by atoms with Gasteiger partial charge in [0.05, 0.1) is 29.1 Å². The standard InChI is InChI=1S/C21H24Cl2N2O5S/c1-4-30-21(27)15-8-7-14(2)18(12-15)24-20(26)6-5-11-25(31(3,28)29)19-13-16(22)9-10-17(19)23/h7-10,12-13H,4-6,11H2,1-3H3,(H,24,26). The molecule has 0 radical (unpaired) electrons. The summed E-state index contributed by atoms with van der Waals surface area (Å²) in [7, 11) is -3.63. The predicted octanol–water partition coefficient (Wildman–Crippen LogP) is 4.66. The lowest BCUT2D eigenvalue weighted by atomic mass is 10.1. The van der Waals surface area contributed by atoms with Crippen LogP contribution >= 0.6 is 23.2 Å². The number of sulfonamides is 1. The first-order chi connectivity index (χ1) is 14.5. The fourth-order valence-electron chi connectivity index (χ4n) is 2.84. The zero-order valence-electron chi connectivity index (χ0n) is 17.4. The summed E-state index contributed by atoms with van der Waals surface area (Å²) < 4.78 is 30.6. The number of hydrogen-bond donors (Lipinski definition) is 1. The number of benzene rings is 2. The van der Waals surface area contributed by atoms with Crippen molar-refractivity contribution in [2.24, 2.45) is 0 Å². The molecule has 1 N–H and O–H groups in total. The van der Waals surface area contributed by atoms with Gasteiger partial charge in [0.25, 0.3) is 0 Å². The van der Waals surface area contributed by atoms with Gasteiger partial charge in [-0.2, -0.15) is 0 Å². The molecule has 0 heterocycles. The number of rotatable bonds is 9. The summed E-state index contributed by atoms with van der Waals surface area (Å²) in [5.74, 6) is -0.782. The van der Waals surface area contributed by atoms with E-state index in [2.05, 4.69) is 5.32 Å². The normalized spacial score (nSPS) is 11.1. The molecule has 2 aromatic rings. The second-order valence-electron chi connectivity index (χ2n) is 6.83. The van der Waals surface area contributed by atoms with Gasteiger partial charge in [-0.15, -0.1) is 0 Å². The van der Waals surface area contributed by atoms with Gasteiger partial charge in [-0.05, 0) is 56.2 Å². The van der Waals surface area contributed by atoms with E-state index < -0.39 is 16.0 Å². The Bertz CT molecular complexity index is 1070. The second-order valence-corrected chi connectivity index (χ2v) is 9.58. The van der Waals surface area contributed by atoms with Crippen LogP contribution in [0.3, 0.4) is 0 Å². The van der Waals surface area contributed by atoms with Gasteiger partial charge >= 0.3 is 5.97 Å². The van der Waals surface area contributed by atoms with Crippen molar-refractivity contribution < 1.29 is 22.7 Å². The maximum Gasteiger partial charge on any atom is 0.338 e. The van der Waals surface area contributed by atoms with Gasteiger partial charge in [-0.25, -0.2) is 13.2 Å². The first kappa shape index (κ1) is 25.0. The molecule has 0 saturated heterocycles. The number of carbonyl (C=O) groups excluding carboxylic acids is 2. The van der Waals surface area contributed by atoms with Crippen molar-refractivity contribution in [3.05, 3.63) is 57.6 Å². The molecule has 0 atom stereocenters. The minimum Gasteiger partial charge on any atom is -0.462 e. The van der Waals surface area contributed by atoms with Gasteiger partial charge in [-0.3, -0.25) is 9.10 Å². The lowest BCUT2D eigenvalue weighted by Crippen LogP contribution is -2.31. The van der Waals surface area contributed by atoms with E-state index in [0.717, 1.165) is 16.1 Å². The first-order valence-corrected chi connectivity index (χ1v) is 12.1.